The molecule has 23 heavy (non-hydrogen) atoms. The van der Waals surface area contributed by atoms with Crippen molar-refractivity contribution in [3.8, 4) is 0 Å². The van der Waals surface area contributed by atoms with Crippen molar-refractivity contribution in [2.45, 2.75) is 34.1 Å². The van der Waals surface area contributed by atoms with Crippen LogP contribution in [0.4, 0.5) is 0 Å². The zero-order valence-electron chi connectivity index (χ0n) is 14.7. The van der Waals surface area contributed by atoms with Crippen molar-refractivity contribution in [2.24, 2.45) is 5.92 Å². The van der Waals surface area contributed by atoms with Crippen molar-refractivity contribution < 1.29 is 0 Å². The fourth-order valence-corrected chi connectivity index (χ4v) is 2.94. The Morgan fingerprint density at radius 2 is 1.74 bits per heavy atom. The maximum Gasteiger partial charge on any atom is -0.000563 e. The van der Waals surface area contributed by atoms with Crippen LogP contribution >= 0.6 is 0 Å². The minimum Gasteiger partial charge on any atom is -0.125 e. The molecule has 0 spiro atoms. The van der Waals surface area contributed by atoms with Gasteiger partial charge in [-0.25, -0.2) is 0 Å². The molecule has 0 saturated carbocycles. The third-order valence-corrected chi connectivity index (χ3v) is 4.33. The fourth-order valence-electron chi connectivity index (χ4n) is 2.94. The lowest BCUT2D eigenvalue weighted by molar-refractivity contribution is 0.687. The van der Waals surface area contributed by atoms with Gasteiger partial charge in [0.1, 0.15) is 0 Å². The molecule has 0 heteroatoms. The van der Waals surface area contributed by atoms with E-state index in [9.17, 15) is 0 Å². The Balaban J connectivity index is 2.20. The third-order valence-electron chi connectivity index (χ3n) is 4.33. The average molecular weight is 302 g/mol. The lowest BCUT2D eigenvalue weighted by Crippen LogP contribution is -2.04. The molecule has 0 radical (unpaired) electrons. The van der Waals surface area contributed by atoms with Crippen molar-refractivity contribution in [1.29, 1.82) is 0 Å². The first kappa shape index (κ1) is 17.1. The van der Waals surface area contributed by atoms with Crippen LogP contribution in [0.2, 0.25) is 0 Å². The Morgan fingerprint density at radius 1 is 1.09 bits per heavy atom. The minimum absolute atomic E-state index is 0.399. The highest BCUT2D eigenvalue weighted by Crippen LogP contribution is 2.25. The van der Waals surface area contributed by atoms with E-state index in [4.69, 9.17) is 0 Å². The highest BCUT2D eigenvalue weighted by Gasteiger charge is 2.11. The lowest BCUT2D eigenvalue weighted by atomic mass is 9.88. The van der Waals surface area contributed by atoms with Gasteiger partial charge >= 0.3 is 0 Å². The molecule has 0 fully saturated rings. The van der Waals surface area contributed by atoms with Crippen molar-refractivity contribution >= 4 is 6.08 Å². The first-order valence-corrected chi connectivity index (χ1v) is 8.21. The van der Waals surface area contributed by atoms with E-state index in [-0.39, 0.29) is 0 Å². The Kier molecular flexibility index (Phi) is 5.79. The highest BCUT2D eigenvalue weighted by molar-refractivity contribution is 5.60. The maximum atomic E-state index is 3.92. The smallest absolute Gasteiger partial charge is 0.000563 e. The zero-order chi connectivity index (χ0) is 16.8. The largest absolute Gasteiger partial charge is 0.125 e. The Hall–Kier alpha value is -2.30. The summed E-state index contributed by atoms with van der Waals surface area (Å²) in [5.41, 5.74) is 10.8. The Morgan fingerprint density at radius 3 is 2.35 bits per heavy atom. The molecule has 0 aliphatic heterocycles. The van der Waals surface area contributed by atoms with Gasteiger partial charge in [-0.05, 0) is 60.9 Å². The number of aryl methyl sites for hydroxylation is 2. The molecule has 0 amide bonds. The molecule has 0 heterocycles. The molecule has 118 valence electrons. The first-order chi connectivity index (χ1) is 11.0. The predicted molar refractivity (Wildman–Crippen MR) is 102 cm³/mol. The summed E-state index contributed by atoms with van der Waals surface area (Å²) in [6.45, 7) is 12.6. The van der Waals surface area contributed by atoms with Crippen LogP contribution in [0.15, 0.2) is 72.0 Å². The molecule has 2 rings (SSSR count). The fraction of sp³-hybridized carbons (Fsp3) is 0.261. The number of allylic oxidation sites excluding steroid dienone is 2. The van der Waals surface area contributed by atoms with Crippen molar-refractivity contribution in [3.05, 3.63) is 94.2 Å². The van der Waals surface area contributed by atoms with Crippen molar-refractivity contribution in [1.82, 2.24) is 0 Å². The zero-order valence-corrected chi connectivity index (χ0v) is 14.7. The van der Waals surface area contributed by atoms with Gasteiger partial charge in [0, 0.05) is 0 Å². The van der Waals surface area contributed by atoms with Gasteiger partial charge in [0.05, 0.1) is 0 Å². The number of rotatable bonds is 5. The van der Waals surface area contributed by atoms with Gasteiger partial charge in [0.2, 0.25) is 0 Å². The number of hydrogen-bond donors (Lipinski definition) is 0. The van der Waals surface area contributed by atoms with Crippen LogP contribution in [0.3, 0.4) is 0 Å². The predicted octanol–water partition coefficient (Wildman–Crippen LogP) is 6.30. The second-order valence-corrected chi connectivity index (χ2v) is 6.37. The second kappa shape index (κ2) is 7.81. The summed E-state index contributed by atoms with van der Waals surface area (Å²) < 4.78 is 0. The highest BCUT2D eigenvalue weighted by atomic mass is 14.2. The molecule has 1 unspecified atom stereocenters. The summed E-state index contributed by atoms with van der Waals surface area (Å²) in [6.07, 6.45) is 3.26. The van der Waals surface area contributed by atoms with Crippen molar-refractivity contribution in [3.63, 3.8) is 0 Å². The summed E-state index contributed by atoms with van der Waals surface area (Å²) >= 11 is 0. The molecule has 0 N–H and O–H groups in total. The first-order valence-electron chi connectivity index (χ1n) is 8.21. The lowest BCUT2D eigenvalue weighted by Gasteiger charge is -2.16. The van der Waals surface area contributed by atoms with E-state index < -0.39 is 0 Å². The Bertz CT molecular complexity index is 738. The van der Waals surface area contributed by atoms with Gasteiger partial charge in [-0.2, -0.15) is 0 Å². The van der Waals surface area contributed by atoms with E-state index in [0.717, 1.165) is 6.42 Å². The molecule has 0 aliphatic carbocycles. The van der Waals surface area contributed by atoms with E-state index in [0.29, 0.717) is 5.92 Å². The summed E-state index contributed by atoms with van der Waals surface area (Å²) in [6, 6.07) is 17.2. The van der Waals surface area contributed by atoms with Gasteiger partial charge in [-0.15, -0.1) is 5.73 Å². The maximum absolute atomic E-state index is 3.92. The van der Waals surface area contributed by atoms with Crippen LogP contribution in [0.1, 0.15) is 36.1 Å². The molecule has 0 nitrogen and oxygen atoms in total. The molecule has 0 bridgehead atoms. The van der Waals surface area contributed by atoms with Gasteiger partial charge in [0.25, 0.3) is 0 Å². The van der Waals surface area contributed by atoms with Gasteiger partial charge in [-0.1, -0.05) is 73.7 Å². The molecular formula is C23H26. The van der Waals surface area contributed by atoms with Gasteiger partial charge < -0.3 is 0 Å². The van der Waals surface area contributed by atoms with E-state index in [1.165, 1.54) is 33.4 Å². The van der Waals surface area contributed by atoms with Crippen LogP contribution in [-0.4, -0.2) is 0 Å². The molecular weight excluding hydrogens is 276 g/mol. The van der Waals surface area contributed by atoms with Crippen LogP contribution in [0.25, 0.3) is 6.08 Å². The average Bonchev–Trinajstić information content (AvgIpc) is 2.52. The van der Waals surface area contributed by atoms with Crippen LogP contribution < -0.4 is 0 Å². The topological polar surface area (TPSA) is 0 Å². The van der Waals surface area contributed by atoms with Gasteiger partial charge in [0.15, 0.2) is 0 Å². The second-order valence-electron chi connectivity index (χ2n) is 6.37. The molecule has 0 saturated heterocycles. The summed E-state index contributed by atoms with van der Waals surface area (Å²) in [7, 11) is 0. The summed E-state index contributed by atoms with van der Waals surface area (Å²) in [5, 5.41) is 0. The third kappa shape index (κ3) is 4.58. The van der Waals surface area contributed by atoms with Crippen molar-refractivity contribution in [2.75, 3.05) is 0 Å². The molecule has 1 atom stereocenters. The summed E-state index contributed by atoms with van der Waals surface area (Å²) in [5.74, 6) is 0.399. The van der Waals surface area contributed by atoms with Crippen LogP contribution in [0.5, 0.6) is 0 Å². The van der Waals surface area contributed by atoms with Gasteiger partial charge in [-0.3, -0.25) is 0 Å². The summed E-state index contributed by atoms with van der Waals surface area (Å²) in [4.78, 5) is 0. The molecule has 2 aromatic rings. The minimum atomic E-state index is 0.399. The van der Waals surface area contributed by atoms with Crippen LogP contribution in [0, 0.1) is 19.8 Å². The van der Waals surface area contributed by atoms with E-state index in [1.807, 2.05) is 0 Å². The number of hydrogen-bond acceptors (Lipinski definition) is 0. The van der Waals surface area contributed by atoms with E-state index >= 15 is 0 Å². The molecule has 2 aromatic carbocycles. The van der Waals surface area contributed by atoms with Crippen LogP contribution in [-0.2, 0) is 6.42 Å². The molecule has 0 aliphatic rings. The SMILES string of the molecule is C=C=C(C(C)=Cc1ccccc1C)C(C)Cc1ccc(C)cc1. The Labute approximate surface area is 140 Å². The monoisotopic (exact) mass is 302 g/mol. The molecule has 0 aromatic heterocycles. The normalized spacial score (nSPS) is 12.6. The number of benzene rings is 2. The van der Waals surface area contributed by atoms with E-state index in [1.54, 1.807) is 0 Å². The standard InChI is InChI=1S/C23H26/c1-6-23(19(4)15-21-13-11-17(2)12-14-21)20(5)16-22-10-8-7-9-18(22)3/h7-14,16,19H,1,15H2,2-5H3. The quantitative estimate of drug-likeness (QED) is 0.449. The van der Waals surface area contributed by atoms with E-state index in [2.05, 4.69) is 94.6 Å².